The van der Waals surface area contributed by atoms with E-state index < -0.39 is 0 Å². The van der Waals surface area contributed by atoms with Crippen molar-refractivity contribution in [1.82, 2.24) is 0 Å². The molecule has 0 N–H and O–H groups in total. The average Bonchev–Trinajstić information content (AvgIpc) is 2.35. The maximum atomic E-state index is 12.0. The molecule has 1 aromatic rings. The lowest BCUT2D eigenvalue weighted by atomic mass is 9.94. The van der Waals surface area contributed by atoms with Crippen molar-refractivity contribution in [2.45, 2.75) is 34.1 Å². The van der Waals surface area contributed by atoms with Crippen molar-refractivity contribution in [1.29, 1.82) is 0 Å². The van der Waals surface area contributed by atoms with Gasteiger partial charge in [-0.25, -0.2) is 0 Å². The van der Waals surface area contributed by atoms with Crippen LogP contribution in [0.15, 0.2) is 18.2 Å². The highest BCUT2D eigenvalue weighted by Gasteiger charge is 2.15. The highest BCUT2D eigenvalue weighted by atomic mass is 16.1. The van der Waals surface area contributed by atoms with Crippen molar-refractivity contribution in [3.63, 3.8) is 0 Å². The molecule has 0 spiro atoms. The first-order valence-corrected chi connectivity index (χ1v) is 6.10. The van der Waals surface area contributed by atoms with Crippen molar-refractivity contribution in [3.8, 4) is 0 Å². The molecule has 0 bridgehead atoms. The number of Topliss-reactive ketones (excluding diaryl/α,β-unsaturated/α-hetero) is 3. The molecule has 0 radical (unpaired) electrons. The Balaban J connectivity index is 3.35. The molecule has 0 saturated heterocycles. The van der Waals surface area contributed by atoms with Crippen LogP contribution in [0.3, 0.4) is 0 Å². The Morgan fingerprint density at radius 2 is 1.50 bits per heavy atom. The van der Waals surface area contributed by atoms with E-state index >= 15 is 0 Å². The monoisotopic (exact) mass is 246 g/mol. The van der Waals surface area contributed by atoms with E-state index in [0.29, 0.717) is 23.1 Å². The van der Waals surface area contributed by atoms with Gasteiger partial charge in [0.05, 0.1) is 0 Å². The third kappa shape index (κ3) is 3.13. The van der Waals surface area contributed by atoms with E-state index in [1.165, 1.54) is 6.92 Å². The zero-order valence-electron chi connectivity index (χ0n) is 11.2. The van der Waals surface area contributed by atoms with Crippen molar-refractivity contribution in [3.05, 3.63) is 34.9 Å². The Morgan fingerprint density at radius 1 is 1.00 bits per heavy atom. The summed E-state index contributed by atoms with van der Waals surface area (Å²) < 4.78 is 0. The smallest absolute Gasteiger partial charge is 0.165 e. The molecule has 1 aromatic carbocycles. The molecule has 18 heavy (non-hydrogen) atoms. The minimum Gasteiger partial charge on any atom is -0.295 e. The predicted octanol–water partition coefficient (Wildman–Crippen LogP) is 3.32. The molecule has 0 atom stereocenters. The SMILES string of the molecule is CCC(=O)c1cc(C(C)=O)cc(C(=O)C(C)C)c1. The van der Waals surface area contributed by atoms with Crippen LogP contribution in [0.25, 0.3) is 0 Å². The lowest BCUT2D eigenvalue weighted by Gasteiger charge is -2.08. The molecule has 0 heterocycles. The lowest BCUT2D eigenvalue weighted by molar-refractivity contribution is 0.0939. The molecule has 3 nitrogen and oxygen atoms in total. The number of carbonyl (C=O) groups is 3. The van der Waals surface area contributed by atoms with Crippen molar-refractivity contribution in [2.75, 3.05) is 0 Å². The molecule has 96 valence electrons. The van der Waals surface area contributed by atoms with Crippen LogP contribution in [0.2, 0.25) is 0 Å². The fourth-order valence-corrected chi connectivity index (χ4v) is 1.67. The quantitative estimate of drug-likeness (QED) is 0.749. The topological polar surface area (TPSA) is 51.2 Å². The molecule has 1 rings (SSSR count). The van der Waals surface area contributed by atoms with Crippen LogP contribution in [-0.4, -0.2) is 17.3 Å². The second-order valence-electron chi connectivity index (χ2n) is 4.65. The van der Waals surface area contributed by atoms with Gasteiger partial charge in [-0.3, -0.25) is 14.4 Å². The predicted molar refractivity (Wildman–Crippen MR) is 70.2 cm³/mol. The van der Waals surface area contributed by atoms with E-state index in [2.05, 4.69) is 0 Å². The number of hydrogen-bond donors (Lipinski definition) is 0. The minimum absolute atomic E-state index is 0.0525. The van der Waals surface area contributed by atoms with Gasteiger partial charge in [0.2, 0.25) is 0 Å². The van der Waals surface area contributed by atoms with E-state index in [9.17, 15) is 14.4 Å². The molecule has 0 aliphatic rings. The van der Waals surface area contributed by atoms with Crippen LogP contribution in [0.1, 0.15) is 65.2 Å². The van der Waals surface area contributed by atoms with Crippen LogP contribution in [0, 0.1) is 5.92 Å². The standard InChI is InChI=1S/C15H18O3/c1-5-14(17)12-6-11(10(4)16)7-13(8-12)15(18)9(2)3/h6-9H,5H2,1-4H3. The van der Waals surface area contributed by atoms with Gasteiger partial charge in [0.25, 0.3) is 0 Å². The maximum Gasteiger partial charge on any atom is 0.165 e. The van der Waals surface area contributed by atoms with Crippen LogP contribution in [0.5, 0.6) is 0 Å². The number of ketones is 3. The van der Waals surface area contributed by atoms with Gasteiger partial charge < -0.3 is 0 Å². The largest absolute Gasteiger partial charge is 0.295 e. The Hall–Kier alpha value is -1.77. The fraction of sp³-hybridized carbons (Fsp3) is 0.400. The van der Waals surface area contributed by atoms with Gasteiger partial charge in [0.15, 0.2) is 17.3 Å². The second-order valence-corrected chi connectivity index (χ2v) is 4.65. The first-order chi connectivity index (χ1) is 8.36. The number of rotatable bonds is 5. The van der Waals surface area contributed by atoms with E-state index in [-0.39, 0.29) is 23.3 Å². The van der Waals surface area contributed by atoms with Gasteiger partial charge in [0.1, 0.15) is 0 Å². The summed E-state index contributed by atoms with van der Waals surface area (Å²) in [5.74, 6) is -0.408. The summed E-state index contributed by atoms with van der Waals surface area (Å²) in [6.45, 7) is 6.78. The normalized spacial score (nSPS) is 10.5. The summed E-state index contributed by atoms with van der Waals surface area (Å²) >= 11 is 0. The molecule has 0 aliphatic heterocycles. The molecule has 0 aromatic heterocycles. The van der Waals surface area contributed by atoms with E-state index in [4.69, 9.17) is 0 Å². The lowest BCUT2D eigenvalue weighted by Crippen LogP contribution is -2.11. The third-order valence-electron chi connectivity index (χ3n) is 2.79. The van der Waals surface area contributed by atoms with E-state index in [1.54, 1.807) is 39.0 Å². The Morgan fingerprint density at radius 3 is 1.94 bits per heavy atom. The van der Waals surface area contributed by atoms with Gasteiger partial charge in [-0.1, -0.05) is 20.8 Å². The maximum absolute atomic E-state index is 12.0. The van der Waals surface area contributed by atoms with Gasteiger partial charge in [-0.15, -0.1) is 0 Å². The van der Waals surface area contributed by atoms with Gasteiger partial charge >= 0.3 is 0 Å². The highest BCUT2D eigenvalue weighted by Crippen LogP contribution is 2.16. The second kappa shape index (κ2) is 5.71. The molecule has 0 amide bonds. The Kier molecular flexibility index (Phi) is 4.54. The van der Waals surface area contributed by atoms with Crippen LogP contribution < -0.4 is 0 Å². The molecule has 0 aliphatic carbocycles. The summed E-state index contributed by atoms with van der Waals surface area (Å²) in [7, 11) is 0. The summed E-state index contributed by atoms with van der Waals surface area (Å²) in [4.78, 5) is 35.1. The first-order valence-electron chi connectivity index (χ1n) is 6.10. The average molecular weight is 246 g/mol. The number of hydrogen-bond acceptors (Lipinski definition) is 3. The zero-order valence-corrected chi connectivity index (χ0v) is 11.2. The third-order valence-corrected chi connectivity index (χ3v) is 2.79. The Bertz CT molecular complexity index is 498. The van der Waals surface area contributed by atoms with E-state index in [1.807, 2.05) is 0 Å². The van der Waals surface area contributed by atoms with Crippen LogP contribution >= 0.6 is 0 Å². The number of benzene rings is 1. The molecule has 0 fully saturated rings. The fourth-order valence-electron chi connectivity index (χ4n) is 1.67. The molecular formula is C15H18O3. The minimum atomic E-state index is -0.156. The van der Waals surface area contributed by atoms with Crippen LogP contribution in [-0.2, 0) is 0 Å². The molecular weight excluding hydrogens is 228 g/mol. The summed E-state index contributed by atoms with van der Waals surface area (Å²) in [6.07, 6.45) is 0.358. The van der Waals surface area contributed by atoms with Crippen molar-refractivity contribution >= 4 is 17.3 Å². The molecule has 3 heteroatoms. The first kappa shape index (κ1) is 14.3. The zero-order chi connectivity index (χ0) is 13.9. The van der Waals surface area contributed by atoms with E-state index in [0.717, 1.165) is 0 Å². The molecule has 0 saturated carbocycles. The summed E-state index contributed by atoms with van der Waals surface area (Å²) in [5, 5.41) is 0. The molecule has 0 unspecified atom stereocenters. The van der Waals surface area contributed by atoms with Crippen molar-refractivity contribution in [2.24, 2.45) is 5.92 Å². The Labute approximate surface area is 107 Å². The van der Waals surface area contributed by atoms with Gasteiger partial charge in [-0.2, -0.15) is 0 Å². The van der Waals surface area contributed by atoms with Crippen molar-refractivity contribution < 1.29 is 14.4 Å². The highest BCUT2D eigenvalue weighted by molar-refractivity contribution is 6.05. The van der Waals surface area contributed by atoms with Crippen LogP contribution in [0.4, 0.5) is 0 Å². The van der Waals surface area contributed by atoms with Gasteiger partial charge in [-0.05, 0) is 25.1 Å². The number of carbonyl (C=O) groups excluding carboxylic acids is 3. The summed E-state index contributed by atoms with van der Waals surface area (Å²) in [6, 6.07) is 4.71. The summed E-state index contributed by atoms with van der Waals surface area (Å²) in [5.41, 5.74) is 1.29. The van der Waals surface area contributed by atoms with Gasteiger partial charge in [0, 0.05) is 29.0 Å².